The van der Waals surface area contributed by atoms with Crippen LogP contribution in [0, 0.1) is 0 Å². The number of fused-ring (bicyclic) bond motifs is 1. The number of carbonyl (C=O) groups is 2. The lowest BCUT2D eigenvalue weighted by Gasteiger charge is -2.21. The van der Waals surface area contributed by atoms with Gasteiger partial charge in [0.1, 0.15) is 6.10 Å². The standard InChI is InChI=1S/C6H8BNO4/c7-6(11)8-2(1-9)3-4(12-3)5(8)10/h2-4,9H,1,7H2/t2-,3?,4?/m1/s1/i9T. The largest absolute Gasteiger partial charge is 0.394 e. The molecule has 2 aliphatic heterocycles. The molecule has 2 fully saturated rings. The van der Waals surface area contributed by atoms with Crippen LogP contribution in [-0.2, 0) is 9.53 Å². The molecular formula is C6H8BNO4. The second-order valence-corrected chi connectivity index (χ2v) is 2.98. The summed E-state index contributed by atoms with van der Waals surface area (Å²) >= 11 is 0. The van der Waals surface area contributed by atoms with Gasteiger partial charge in [-0.05, 0) is 0 Å². The van der Waals surface area contributed by atoms with Crippen molar-refractivity contribution in [1.29, 1.82) is 1.43 Å². The number of imide groups is 1. The van der Waals surface area contributed by atoms with Crippen molar-refractivity contribution in [2.75, 3.05) is 6.61 Å². The Balaban J connectivity index is 2.14. The summed E-state index contributed by atoms with van der Waals surface area (Å²) in [5, 5.41) is 4.18. The van der Waals surface area contributed by atoms with E-state index in [0.717, 1.165) is 4.90 Å². The first-order valence-corrected chi connectivity index (χ1v) is 3.74. The summed E-state index contributed by atoms with van der Waals surface area (Å²) in [5.74, 6) is -0.623. The number of aliphatic hydroxyl groups excluding tert-OH is 1. The molecule has 2 heterocycles. The van der Waals surface area contributed by atoms with Gasteiger partial charge < -0.3 is 9.85 Å². The van der Waals surface area contributed by atoms with E-state index in [9.17, 15) is 9.59 Å². The van der Waals surface area contributed by atoms with Crippen LogP contribution in [0.15, 0.2) is 0 Å². The van der Waals surface area contributed by atoms with E-state index >= 15 is 0 Å². The summed E-state index contributed by atoms with van der Waals surface area (Å²) in [4.78, 5) is 23.5. The molecule has 12 heavy (non-hydrogen) atoms. The quantitative estimate of drug-likeness (QED) is 0.375. The van der Waals surface area contributed by atoms with Crippen LogP contribution in [0.3, 0.4) is 0 Å². The SMILES string of the molecule is [3H]OC[C@@H]1C2OC2C(=O)N1C(B)=O. The van der Waals surface area contributed by atoms with Gasteiger partial charge in [-0.2, -0.15) is 0 Å². The van der Waals surface area contributed by atoms with Crippen LogP contribution >= 0.6 is 0 Å². The van der Waals surface area contributed by atoms with Crippen molar-refractivity contribution in [2.24, 2.45) is 0 Å². The number of carbonyl (C=O) groups excluding carboxylic acids is 2. The Morgan fingerprint density at radius 2 is 2.67 bits per heavy atom. The molecule has 2 aliphatic rings. The van der Waals surface area contributed by atoms with Gasteiger partial charge >= 0.3 is 0 Å². The van der Waals surface area contributed by atoms with E-state index in [1.165, 1.54) is 7.85 Å². The first kappa shape index (κ1) is 6.62. The minimum atomic E-state index is -0.468. The number of morpholine rings is 1. The number of hydrogen-bond donors (Lipinski definition) is 1. The zero-order chi connectivity index (χ0) is 9.59. The van der Waals surface area contributed by atoms with E-state index in [2.05, 4.69) is 5.11 Å². The predicted molar refractivity (Wildman–Crippen MR) is 40.3 cm³/mol. The average molecular weight is 171 g/mol. The van der Waals surface area contributed by atoms with Crippen LogP contribution in [0.1, 0.15) is 0 Å². The Hall–Kier alpha value is -0.875. The van der Waals surface area contributed by atoms with Crippen molar-refractivity contribution in [2.45, 2.75) is 18.2 Å². The predicted octanol–water partition coefficient (Wildman–Crippen LogP) is -2.29. The smallest absolute Gasteiger partial charge is 0.260 e. The van der Waals surface area contributed by atoms with Crippen LogP contribution in [0.5, 0.6) is 0 Å². The Labute approximate surface area is 71.2 Å². The highest BCUT2D eigenvalue weighted by atomic mass is 16.6. The van der Waals surface area contributed by atoms with Crippen LogP contribution in [0.2, 0.25) is 0 Å². The number of amides is 2. The molecule has 0 aromatic heterocycles. The Bertz CT molecular complexity index is 273. The molecule has 2 unspecified atom stereocenters. The second-order valence-electron chi connectivity index (χ2n) is 2.98. The van der Waals surface area contributed by atoms with Crippen molar-refractivity contribution < 1.29 is 19.4 Å². The van der Waals surface area contributed by atoms with Crippen LogP contribution in [-0.4, -0.2) is 55.9 Å². The summed E-state index contributed by atoms with van der Waals surface area (Å²) in [7, 11) is 1.32. The van der Waals surface area contributed by atoms with Crippen molar-refractivity contribution in [3.8, 4) is 0 Å². The first-order chi connectivity index (χ1) is 6.16. The molecule has 2 rings (SSSR count). The highest BCUT2D eigenvalue weighted by Gasteiger charge is 2.61. The molecular weight excluding hydrogens is 161 g/mol. The van der Waals surface area contributed by atoms with Gasteiger partial charge in [0.15, 0.2) is 11.9 Å². The number of likely N-dealkylation sites (tertiary alicyclic amines) is 1. The third-order valence-corrected chi connectivity index (χ3v) is 2.23. The molecule has 0 aromatic carbocycles. The highest BCUT2D eigenvalue weighted by Crippen LogP contribution is 2.37. The van der Waals surface area contributed by atoms with Gasteiger partial charge in [0.2, 0.25) is 9.28 Å². The molecule has 3 atom stereocenters. The molecule has 0 spiro atoms. The monoisotopic (exact) mass is 171 g/mol. The van der Waals surface area contributed by atoms with Crippen LogP contribution < -0.4 is 0 Å². The molecule has 0 aromatic rings. The third kappa shape index (κ3) is 0.819. The second kappa shape index (κ2) is 2.30. The van der Waals surface area contributed by atoms with Gasteiger partial charge in [0.25, 0.3) is 5.91 Å². The van der Waals surface area contributed by atoms with E-state index in [1.54, 1.807) is 0 Å². The average Bonchev–Trinajstić information content (AvgIpc) is 2.76. The van der Waals surface area contributed by atoms with Crippen molar-refractivity contribution in [1.82, 2.24) is 4.90 Å². The number of epoxide rings is 1. The van der Waals surface area contributed by atoms with E-state index in [-0.39, 0.29) is 24.4 Å². The molecule has 2 amide bonds. The number of rotatable bonds is 2. The maximum Gasteiger partial charge on any atom is 0.260 e. The number of aliphatic hydroxyl groups is 1. The van der Waals surface area contributed by atoms with Gasteiger partial charge in [-0.25, -0.2) is 0 Å². The number of nitrogens with zero attached hydrogens (tertiary/aromatic N) is 1. The van der Waals surface area contributed by atoms with Gasteiger partial charge in [-0.3, -0.25) is 14.5 Å². The first-order valence-electron chi connectivity index (χ1n) is 4.15. The molecule has 0 saturated carbocycles. The summed E-state index contributed by atoms with van der Waals surface area (Å²) < 4.78 is 11.6. The van der Waals surface area contributed by atoms with Crippen molar-refractivity contribution in [3.05, 3.63) is 0 Å². The summed E-state index contributed by atoms with van der Waals surface area (Å²) in [5.41, 5.74) is 0. The normalized spacial score (nSPS) is 39.3. The Morgan fingerprint density at radius 1 is 1.92 bits per heavy atom. The minimum absolute atomic E-state index is 0.0203. The topological polar surface area (TPSA) is 70.1 Å². The maximum atomic E-state index is 11.3. The molecule has 2 saturated heterocycles. The molecule has 0 radical (unpaired) electrons. The fourth-order valence-electron chi connectivity index (χ4n) is 1.62. The fraction of sp³-hybridized carbons (Fsp3) is 0.667. The zero-order valence-corrected chi connectivity index (χ0v) is 6.52. The minimum Gasteiger partial charge on any atom is -0.394 e. The Kier molecular flexibility index (Phi) is 1.27. The molecule has 5 nitrogen and oxygen atoms in total. The molecule has 6 heteroatoms. The van der Waals surface area contributed by atoms with Gasteiger partial charge in [-0.15, -0.1) is 0 Å². The summed E-state index contributed by atoms with van der Waals surface area (Å²) in [6.07, 6.45) is -0.717. The van der Waals surface area contributed by atoms with Gasteiger partial charge in [-0.1, -0.05) is 0 Å². The van der Waals surface area contributed by atoms with E-state index in [0.29, 0.717) is 0 Å². The van der Waals surface area contributed by atoms with Crippen LogP contribution in [0.4, 0.5) is 4.79 Å². The van der Waals surface area contributed by atoms with Crippen molar-refractivity contribution >= 4 is 19.6 Å². The van der Waals surface area contributed by atoms with E-state index in [4.69, 9.17) is 6.17 Å². The number of ether oxygens (including phenoxy) is 1. The van der Waals surface area contributed by atoms with Crippen LogP contribution in [0.25, 0.3) is 0 Å². The lowest BCUT2D eigenvalue weighted by molar-refractivity contribution is -0.130. The Morgan fingerprint density at radius 3 is 3.25 bits per heavy atom. The maximum absolute atomic E-state index is 11.3. The van der Waals surface area contributed by atoms with Gasteiger partial charge in [0.05, 0.1) is 12.6 Å². The van der Waals surface area contributed by atoms with Gasteiger partial charge in [0, 0.05) is 0 Å². The van der Waals surface area contributed by atoms with Crippen molar-refractivity contribution in [3.63, 3.8) is 0 Å². The third-order valence-electron chi connectivity index (χ3n) is 2.23. The molecule has 0 aliphatic carbocycles. The summed E-state index contributed by atoms with van der Waals surface area (Å²) in [6, 6.07) is -0.410. The van der Waals surface area contributed by atoms with E-state index < -0.39 is 12.1 Å². The zero-order valence-electron chi connectivity index (χ0n) is 7.52. The molecule has 0 bridgehead atoms. The molecule has 1 N–H and O–H groups in total. The molecule has 64 valence electrons. The fourth-order valence-corrected chi connectivity index (χ4v) is 1.62. The lowest BCUT2D eigenvalue weighted by atomic mass is 10.1. The lowest BCUT2D eigenvalue weighted by Crippen LogP contribution is -2.44. The summed E-state index contributed by atoms with van der Waals surface area (Å²) in [6.45, 7) is 0.0203. The highest BCUT2D eigenvalue weighted by molar-refractivity contribution is 6.58. The van der Waals surface area contributed by atoms with E-state index in [1.807, 2.05) is 0 Å². The number of hydrogen-bond acceptors (Lipinski definition) is 4.